The summed E-state index contributed by atoms with van der Waals surface area (Å²) in [5, 5.41) is 2.68. The molecule has 2 nitrogen and oxygen atoms in total. The van der Waals surface area contributed by atoms with Gasteiger partial charge in [-0.05, 0) is 18.9 Å². The average Bonchev–Trinajstić information content (AvgIpc) is 2.05. The Morgan fingerprint density at radius 1 is 1.42 bits per heavy atom. The minimum absolute atomic E-state index is 0.00352. The smallest absolute Gasteiger partial charge is 0.243 e. The Hall–Kier alpha value is -0.790. The monoisotopic (exact) mass is 171 g/mol. The maximum atomic E-state index is 10.7. The van der Waals surface area contributed by atoms with E-state index in [1.54, 1.807) is 6.08 Å². The van der Waals surface area contributed by atoms with E-state index in [1.165, 1.54) is 0 Å². The predicted octanol–water partition coefficient (Wildman–Crippen LogP) is 2.36. The normalized spacial score (nSPS) is 9.50. The molecule has 0 aliphatic rings. The molecular formula is C10H21NO. The molecule has 0 aromatic carbocycles. The van der Waals surface area contributed by atoms with Crippen LogP contribution in [0, 0.1) is 5.92 Å². The molecule has 0 aromatic heterocycles. The van der Waals surface area contributed by atoms with Gasteiger partial charge in [-0.15, -0.1) is 0 Å². The Morgan fingerprint density at radius 3 is 2.25 bits per heavy atom. The quantitative estimate of drug-likeness (QED) is 0.649. The molecule has 12 heavy (non-hydrogen) atoms. The molecular weight excluding hydrogens is 150 g/mol. The molecule has 0 rings (SSSR count). The lowest BCUT2D eigenvalue weighted by Gasteiger charge is -1.95. The van der Waals surface area contributed by atoms with E-state index in [-0.39, 0.29) is 5.91 Å². The molecule has 1 amide bonds. The number of nitrogens with one attached hydrogen (secondary N) is 1. The number of rotatable bonds is 3. The van der Waals surface area contributed by atoms with Crippen molar-refractivity contribution in [1.29, 1.82) is 0 Å². The van der Waals surface area contributed by atoms with Gasteiger partial charge in [0.25, 0.3) is 0 Å². The van der Waals surface area contributed by atoms with Crippen LogP contribution >= 0.6 is 0 Å². The maximum absolute atomic E-state index is 10.7. The van der Waals surface area contributed by atoms with E-state index in [2.05, 4.69) is 5.32 Å². The summed E-state index contributed by atoms with van der Waals surface area (Å²) in [6.07, 6.45) is 3.46. The van der Waals surface area contributed by atoms with E-state index < -0.39 is 0 Å². The molecule has 0 fully saturated rings. The lowest BCUT2D eigenvalue weighted by molar-refractivity contribution is -0.116. The Balaban J connectivity index is 0. The Morgan fingerprint density at radius 2 is 1.92 bits per heavy atom. The van der Waals surface area contributed by atoms with E-state index in [1.807, 2.05) is 40.7 Å². The van der Waals surface area contributed by atoms with Gasteiger partial charge in [0, 0.05) is 6.54 Å². The maximum Gasteiger partial charge on any atom is 0.243 e. The highest BCUT2D eigenvalue weighted by molar-refractivity contribution is 5.87. The summed E-state index contributed by atoms with van der Waals surface area (Å²) in [5.41, 5.74) is 0. The molecule has 1 N–H and O–H groups in total. The lowest BCUT2D eigenvalue weighted by atomic mass is 10.2. The third kappa shape index (κ3) is 11.9. The Bertz CT molecular complexity index is 128. The first-order chi connectivity index (χ1) is 5.66. The summed E-state index contributed by atoms with van der Waals surface area (Å²) in [6.45, 7) is 10.7. The summed E-state index contributed by atoms with van der Waals surface area (Å²) >= 11 is 0. The van der Waals surface area contributed by atoms with Gasteiger partial charge in [0.2, 0.25) is 5.91 Å². The molecule has 0 heterocycles. The summed E-state index contributed by atoms with van der Waals surface area (Å²) in [5.74, 6) is 0.443. The van der Waals surface area contributed by atoms with Crippen molar-refractivity contribution in [3.05, 3.63) is 12.2 Å². The van der Waals surface area contributed by atoms with Crippen molar-refractivity contribution in [2.75, 3.05) is 6.54 Å². The highest BCUT2D eigenvalue weighted by atomic mass is 16.1. The summed E-state index contributed by atoms with van der Waals surface area (Å²) in [6, 6.07) is 0. The third-order valence-electron chi connectivity index (χ3n) is 0.984. The van der Waals surface area contributed by atoms with E-state index >= 15 is 0 Å². The first-order valence-electron chi connectivity index (χ1n) is 4.62. The first-order valence-corrected chi connectivity index (χ1v) is 4.62. The molecule has 0 spiro atoms. The lowest BCUT2D eigenvalue weighted by Crippen LogP contribution is -2.19. The van der Waals surface area contributed by atoms with E-state index in [9.17, 15) is 4.79 Å². The van der Waals surface area contributed by atoms with Gasteiger partial charge in [0.15, 0.2) is 0 Å². The van der Waals surface area contributed by atoms with Crippen molar-refractivity contribution in [3.8, 4) is 0 Å². The highest BCUT2D eigenvalue weighted by Crippen LogP contribution is 1.91. The SMILES string of the molecule is CC.CCNC(=O)/C=C/C(C)C. The molecule has 0 bridgehead atoms. The van der Waals surface area contributed by atoms with Crippen LogP contribution in [0.15, 0.2) is 12.2 Å². The second-order valence-electron chi connectivity index (χ2n) is 2.50. The van der Waals surface area contributed by atoms with Crippen LogP contribution < -0.4 is 5.32 Å². The van der Waals surface area contributed by atoms with E-state index in [4.69, 9.17) is 0 Å². The van der Waals surface area contributed by atoms with Gasteiger partial charge in [-0.2, -0.15) is 0 Å². The highest BCUT2D eigenvalue weighted by Gasteiger charge is 1.90. The molecule has 72 valence electrons. The molecule has 0 unspecified atom stereocenters. The van der Waals surface area contributed by atoms with Gasteiger partial charge in [-0.25, -0.2) is 0 Å². The van der Waals surface area contributed by atoms with Gasteiger partial charge >= 0.3 is 0 Å². The first kappa shape index (κ1) is 13.8. The van der Waals surface area contributed by atoms with Crippen LogP contribution in [0.3, 0.4) is 0 Å². The van der Waals surface area contributed by atoms with Gasteiger partial charge in [-0.1, -0.05) is 33.8 Å². The molecule has 0 aliphatic heterocycles. The molecule has 0 atom stereocenters. The van der Waals surface area contributed by atoms with Gasteiger partial charge in [-0.3, -0.25) is 4.79 Å². The van der Waals surface area contributed by atoms with E-state index in [0.29, 0.717) is 12.5 Å². The Labute approximate surface area is 76.1 Å². The fourth-order valence-corrected chi connectivity index (χ4v) is 0.513. The molecule has 0 saturated carbocycles. The van der Waals surface area contributed by atoms with Crippen LogP contribution in [-0.2, 0) is 4.79 Å². The average molecular weight is 171 g/mol. The fourth-order valence-electron chi connectivity index (χ4n) is 0.513. The van der Waals surface area contributed by atoms with Crippen LogP contribution in [0.1, 0.15) is 34.6 Å². The summed E-state index contributed by atoms with van der Waals surface area (Å²) < 4.78 is 0. The largest absolute Gasteiger partial charge is 0.353 e. The number of carbonyl (C=O) groups excluding carboxylic acids is 1. The van der Waals surface area contributed by atoms with Crippen LogP contribution in [0.2, 0.25) is 0 Å². The number of allylic oxidation sites excluding steroid dienone is 1. The van der Waals surface area contributed by atoms with Crippen molar-refractivity contribution in [2.45, 2.75) is 34.6 Å². The Kier molecular flexibility index (Phi) is 11.7. The van der Waals surface area contributed by atoms with Crippen LogP contribution in [-0.4, -0.2) is 12.5 Å². The van der Waals surface area contributed by atoms with Crippen LogP contribution in [0.25, 0.3) is 0 Å². The zero-order chi connectivity index (χ0) is 9.98. The molecule has 0 aromatic rings. The van der Waals surface area contributed by atoms with Crippen LogP contribution in [0.5, 0.6) is 0 Å². The van der Waals surface area contributed by atoms with E-state index in [0.717, 1.165) is 0 Å². The standard InChI is InChI=1S/C8H15NO.C2H6/c1-4-9-8(10)6-5-7(2)3;1-2/h5-7H,4H2,1-3H3,(H,9,10);1-2H3/b6-5+;. The zero-order valence-corrected chi connectivity index (χ0v) is 8.85. The van der Waals surface area contributed by atoms with Crippen molar-refractivity contribution in [1.82, 2.24) is 5.32 Å². The van der Waals surface area contributed by atoms with Gasteiger partial charge in [0.05, 0.1) is 0 Å². The predicted molar refractivity (Wildman–Crippen MR) is 54.0 cm³/mol. The van der Waals surface area contributed by atoms with Crippen molar-refractivity contribution >= 4 is 5.91 Å². The summed E-state index contributed by atoms with van der Waals surface area (Å²) in [7, 11) is 0. The fraction of sp³-hybridized carbons (Fsp3) is 0.700. The third-order valence-corrected chi connectivity index (χ3v) is 0.984. The molecule has 0 radical (unpaired) electrons. The number of hydrogen-bond donors (Lipinski definition) is 1. The number of carbonyl (C=O) groups is 1. The minimum atomic E-state index is -0.00352. The van der Waals surface area contributed by atoms with Crippen LogP contribution in [0.4, 0.5) is 0 Å². The number of likely N-dealkylation sites (N-methyl/N-ethyl adjacent to an activating group) is 1. The van der Waals surface area contributed by atoms with Gasteiger partial charge in [0.1, 0.15) is 0 Å². The molecule has 0 aliphatic carbocycles. The number of amides is 1. The minimum Gasteiger partial charge on any atom is -0.353 e. The van der Waals surface area contributed by atoms with Crippen molar-refractivity contribution < 1.29 is 4.79 Å². The molecule has 0 saturated heterocycles. The zero-order valence-electron chi connectivity index (χ0n) is 8.85. The summed E-state index contributed by atoms with van der Waals surface area (Å²) in [4.78, 5) is 10.7. The van der Waals surface area contributed by atoms with Crippen molar-refractivity contribution in [2.24, 2.45) is 5.92 Å². The number of hydrogen-bond acceptors (Lipinski definition) is 1. The second-order valence-corrected chi connectivity index (χ2v) is 2.50. The van der Waals surface area contributed by atoms with Gasteiger partial charge < -0.3 is 5.32 Å². The molecule has 2 heteroatoms. The van der Waals surface area contributed by atoms with Crippen molar-refractivity contribution in [3.63, 3.8) is 0 Å². The second kappa shape index (κ2) is 10.2. The topological polar surface area (TPSA) is 29.1 Å².